The molecule has 4 heteroatoms. The zero-order valence-electron chi connectivity index (χ0n) is 43.3. The predicted octanol–water partition coefficient (Wildman–Crippen LogP) is 15.2. The lowest BCUT2D eigenvalue weighted by Crippen LogP contribution is -2.62. The second-order valence-electron chi connectivity index (χ2n) is 26.1. The molecule has 10 rings (SSSR count). The lowest BCUT2D eigenvalue weighted by molar-refractivity contribution is 0.133. The first-order valence-electron chi connectivity index (χ1n) is 24.8. The molecule has 0 amide bonds. The van der Waals surface area contributed by atoms with Crippen LogP contribution in [-0.2, 0) is 32.5 Å². The SMILES string of the molecule is CC(C)(C)c1cccc(N2c3cc(C(C)(C)C)ccc3B3c4ccc(C(C)(C)C)cc4N(c4cccc(C(C)(C)C)c4)c4cc(N5c6ccc(C(C)(C)C)cc6C6(C)CCC56C)cc2c43)c1. The minimum absolute atomic E-state index is 0.0152. The topological polar surface area (TPSA) is 9.72 Å². The van der Waals surface area contributed by atoms with E-state index in [0.717, 1.165) is 6.42 Å². The first kappa shape index (κ1) is 44.6. The highest BCUT2D eigenvalue weighted by Gasteiger charge is 2.63. The van der Waals surface area contributed by atoms with Crippen molar-refractivity contribution in [1.82, 2.24) is 0 Å². The van der Waals surface area contributed by atoms with Gasteiger partial charge in [-0.2, -0.15) is 0 Å². The zero-order valence-corrected chi connectivity index (χ0v) is 43.3. The summed E-state index contributed by atoms with van der Waals surface area (Å²) in [7, 11) is 0. The van der Waals surface area contributed by atoms with Crippen LogP contribution >= 0.6 is 0 Å². The first-order valence-corrected chi connectivity index (χ1v) is 24.8. The second kappa shape index (κ2) is 14.2. The van der Waals surface area contributed by atoms with E-state index in [-0.39, 0.29) is 44.7 Å². The summed E-state index contributed by atoms with van der Waals surface area (Å²) in [4.78, 5) is 8.08. The standard InChI is InChI=1S/C62H74BN3/c1-56(2,3)39-20-18-22-44(32-39)64-51-35-42(59(10,11)12)24-27-48(51)63-49-28-25-43(60(13,14)15)36-52(49)65(45-23-19-21-40(33-45)57(4,5)6)54-38-46(37-53(64)55(54)63)66-50-29-26-41(58(7,8)9)34-47(50)61(16)30-31-62(61,66)17/h18-29,32-38H,30-31H2,1-17H3. The molecular formula is C62H74BN3. The van der Waals surface area contributed by atoms with Gasteiger partial charge >= 0.3 is 0 Å². The van der Waals surface area contributed by atoms with Gasteiger partial charge in [0.05, 0.1) is 5.54 Å². The Morgan fingerprint density at radius 3 is 1.21 bits per heavy atom. The number of fused-ring (bicyclic) bond motifs is 7. The van der Waals surface area contributed by atoms with Crippen molar-refractivity contribution in [3.63, 3.8) is 0 Å². The molecule has 3 aliphatic heterocycles. The van der Waals surface area contributed by atoms with E-state index in [1.807, 2.05) is 0 Å². The smallest absolute Gasteiger partial charge is 0.252 e. The highest BCUT2D eigenvalue weighted by molar-refractivity contribution is 7.00. The summed E-state index contributed by atoms with van der Waals surface area (Å²) in [5.74, 6) is 0. The highest BCUT2D eigenvalue weighted by Crippen LogP contribution is 2.66. The summed E-state index contributed by atoms with van der Waals surface area (Å²) in [6.45, 7) is 40.3. The average Bonchev–Trinajstić information content (AvgIpc) is 3.36. The van der Waals surface area contributed by atoms with Gasteiger partial charge in [-0.25, -0.2) is 0 Å². The van der Waals surface area contributed by atoms with Crippen molar-refractivity contribution in [2.75, 3.05) is 14.7 Å². The number of hydrogen-bond donors (Lipinski definition) is 0. The Bertz CT molecular complexity index is 2810. The summed E-state index contributed by atoms with van der Waals surface area (Å²) >= 11 is 0. The molecule has 0 saturated heterocycles. The zero-order chi connectivity index (χ0) is 47.5. The third-order valence-electron chi connectivity index (χ3n) is 16.5. The van der Waals surface area contributed by atoms with Gasteiger partial charge in [-0.1, -0.05) is 171 Å². The van der Waals surface area contributed by atoms with Crippen molar-refractivity contribution >= 4 is 68.6 Å². The van der Waals surface area contributed by atoms with Gasteiger partial charge in [0.2, 0.25) is 0 Å². The molecule has 4 aliphatic rings. The Kier molecular flexibility index (Phi) is 9.57. The van der Waals surface area contributed by atoms with Crippen LogP contribution in [0.4, 0.5) is 45.5 Å². The molecule has 6 aromatic carbocycles. The van der Waals surface area contributed by atoms with Gasteiger partial charge < -0.3 is 14.7 Å². The molecule has 340 valence electrons. The molecular weight excluding hydrogens is 798 g/mol. The fraction of sp³-hybridized carbons (Fsp3) is 0.419. The van der Waals surface area contributed by atoms with E-state index in [0.29, 0.717) is 0 Å². The van der Waals surface area contributed by atoms with Crippen LogP contribution in [0.15, 0.2) is 115 Å². The van der Waals surface area contributed by atoms with Crippen LogP contribution in [0.2, 0.25) is 0 Å². The van der Waals surface area contributed by atoms with Gasteiger partial charge in [-0.3, -0.25) is 0 Å². The molecule has 3 nitrogen and oxygen atoms in total. The monoisotopic (exact) mass is 872 g/mol. The number of hydrogen-bond acceptors (Lipinski definition) is 3. The van der Waals surface area contributed by atoms with Crippen LogP contribution in [0.1, 0.15) is 164 Å². The van der Waals surface area contributed by atoms with Crippen LogP contribution in [0.3, 0.4) is 0 Å². The summed E-state index contributed by atoms with van der Waals surface area (Å²) in [6, 6.07) is 46.3. The summed E-state index contributed by atoms with van der Waals surface area (Å²) in [5, 5.41) is 0. The number of rotatable bonds is 3. The van der Waals surface area contributed by atoms with Gasteiger partial charge in [0.15, 0.2) is 0 Å². The van der Waals surface area contributed by atoms with E-state index in [1.54, 1.807) is 0 Å². The molecule has 1 aliphatic carbocycles. The van der Waals surface area contributed by atoms with E-state index in [2.05, 4.69) is 248 Å². The molecule has 0 bridgehead atoms. The minimum Gasteiger partial charge on any atom is -0.334 e. The van der Waals surface area contributed by atoms with Crippen LogP contribution in [0.25, 0.3) is 0 Å². The maximum Gasteiger partial charge on any atom is 0.252 e. The number of benzene rings is 6. The van der Waals surface area contributed by atoms with Gasteiger partial charge in [0, 0.05) is 50.9 Å². The Morgan fingerprint density at radius 2 is 0.803 bits per heavy atom. The van der Waals surface area contributed by atoms with Gasteiger partial charge in [-0.05, 0) is 151 Å². The van der Waals surface area contributed by atoms with Crippen molar-refractivity contribution in [3.8, 4) is 0 Å². The molecule has 0 N–H and O–H groups in total. The molecule has 6 aromatic rings. The van der Waals surface area contributed by atoms with Crippen molar-refractivity contribution in [1.29, 1.82) is 0 Å². The van der Waals surface area contributed by atoms with Crippen LogP contribution < -0.4 is 31.1 Å². The molecule has 1 saturated carbocycles. The Hall–Kier alpha value is -5.22. The van der Waals surface area contributed by atoms with Gasteiger partial charge in [0.25, 0.3) is 6.71 Å². The second-order valence-corrected chi connectivity index (χ2v) is 26.1. The lowest BCUT2D eigenvalue weighted by Gasteiger charge is -2.56. The molecule has 3 heterocycles. The van der Waals surface area contributed by atoms with Crippen molar-refractivity contribution in [2.24, 2.45) is 0 Å². The maximum absolute atomic E-state index is 2.78. The van der Waals surface area contributed by atoms with Crippen LogP contribution in [0.5, 0.6) is 0 Å². The predicted molar refractivity (Wildman–Crippen MR) is 288 cm³/mol. The molecule has 0 aromatic heterocycles. The molecule has 1 fully saturated rings. The van der Waals surface area contributed by atoms with Crippen molar-refractivity contribution in [2.45, 2.75) is 169 Å². The summed E-state index contributed by atoms with van der Waals surface area (Å²) in [6.07, 6.45) is 2.33. The number of nitrogens with zero attached hydrogens (tertiary/aromatic N) is 3. The maximum atomic E-state index is 2.78. The van der Waals surface area contributed by atoms with E-state index >= 15 is 0 Å². The molecule has 0 radical (unpaired) electrons. The van der Waals surface area contributed by atoms with Crippen LogP contribution in [0, 0.1) is 0 Å². The van der Waals surface area contributed by atoms with Crippen LogP contribution in [-0.4, -0.2) is 12.3 Å². The highest BCUT2D eigenvalue weighted by atomic mass is 15.3. The minimum atomic E-state index is -0.0852. The van der Waals surface area contributed by atoms with Crippen molar-refractivity contribution in [3.05, 3.63) is 149 Å². The largest absolute Gasteiger partial charge is 0.334 e. The molecule has 0 spiro atoms. The van der Waals surface area contributed by atoms with E-state index in [1.165, 1.54) is 102 Å². The molecule has 66 heavy (non-hydrogen) atoms. The third kappa shape index (κ3) is 6.65. The average molecular weight is 872 g/mol. The Balaban J connectivity index is 1.35. The van der Waals surface area contributed by atoms with E-state index in [4.69, 9.17) is 0 Å². The van der Waals surface area contributed by atoms with Gasteiger partial charge in [0.1, 0.15) is 0 Å². The lowest BCUT2D eigenvalue weighted by atomic mass is 9.33. The molecule has 2 unspecified atom stereocenters. The van der Waals surface area contributed by atoms with E-state index in [9.17, 15) is 0 Å². The number of anilines is 8. The fourth-order valence-corrected chi connectivity index (χ4v) is 11.8. The first-order chi connectivity index (χ1) is 30.6. The Labute approximate surface area is 398 Å². The van der Waals surface area contributed by atoms with Crippen molar-refractivity contribution < 1.29 is 0 Å². The van der Waals surface area contributed by atoms with Gasteiger partial charge in [-0.15, -0.1) is 0 Å². The third-order valence-corrected chi connectivity index (χ3v) is 16.5. The normalized spacial score (nSPS) is 20.1. The fourth-order valence-electron chi connectivity index (χ4n) is 11.8. The summed E-state index contributed by atoms with van der Waals surface area (Å²) in [5.41, 5.74) is 22.4. The Morgan fingerprint density at radius 1 is 0.394 bits per heavy atom. The summed E-state index contributed by atoms with van der Waals surface area (Å²) < 4.78 is 0. The quantitative estimate of drug-likeness (QED) is 0.164. The molecule has 2 atom stereocenters. The van der Waals surface area contributed by atoms with E-state index < -0.39 is 0 Å².